The summed E-state index contributed by atoms with van der Waals surface area (Å²) < 4.78 is 36.5. The van der Waals surface area contributed by atoms with E-state index >= 15 is 0 Å². The van der Waals surface area contributed by atoms with E-state index in [0.717, 1.165) is 4.90 Å². The summed E-state index contributed by atoms with van der Waals surface area (Å²) in [6.45, 7) is -1.51. The molecule has 7 heteroatoms. The summed E-state index contributed by atoms with van der Waals surface area (Å²) in [5.41, 5.74) is 5.17. The molecule has 1 aliphatic carbocycles. The highest BCUT2D eigenvalue weighted by Crippen LogP contribution is 2.31. The van der Waals surface area contributed by atoms with Gasteiger partial charge in [-0.1, -0.05) is 0 Å². The van der Waals surface area contributed by atoms with Crippen molar-refractivity contribution in [1.29, 1.82) is 0 Å². The molecule has 0 spiro atoms. The van der Waals surface area contributed by atoms with Gasteiger partial charge < -0.3 is 10.8 Å². The second-order valence-corrected chi connectivity index (χ2v) is 3.61. The van der Waals surface area contributed by atoms with E-state index in [1.165, 1.54) is 0 Å². The zero-order valence-corrected chi connectivity index (χ0v) is 8.00. The summed E-state index contributed by atoms with van der Waals surface area (Å²) in [7, 11) is 0. The molecule has 0 aromatic heterocycles. The van der Waals surface area contributed by atoms with Crippen molar-refractivity contribution in [1.82, 2.24) is 4.90 Å². The van der Waals surface area contributed by atoms with E-state index in [1.807, 2.05) is 0 Å². The van der Waals surface area contributed by atoms with Crippen molar-refractivity contribution in [3.8, 4) is 0 Å². The molecule has 4 nitrogen and oxygen atoms in total. The lowest BCUT2D eigenvalue weighted by atomic mass is 10.2. The van der Waals surface area contributed by atoms with Crippen LogP contribution in [0.3, 0.4) is 0 Å². The number of hydrogen-bond donors (Lipinski definition) is 2. The van der Waals surface area contributed by atoms with Crippen LogP contribution in [0.15, 0.2) is 0 Å². The molecule has 1 unspecified atom stereocenters. The second kappa shape index (κ2) is 4.36. The Kier molecular flexibility index (Phi) is 3.56. The van der Waals surface area contributed by atoms with Crippen LogP contribution >= 0.6 is 0 Å². The maximum absolute atomic E-state index is 12.2. The summed E-state index contributed by atoms with van der Waals surface area (Å²) in [6.07, 6.45) is -3.16. The lowest BCUT2D eigenvalue weighted by molar-refractivity contribution is -0.162. The van der Waals surface area contributed by atoms with Crippen molar-refractivity contribution in [2.75, 3.05) is 13.1 Å². The Hall–Kier alpha value is -0.820. The highest BCUT2D eigenvalue weighted by Gasteiger charge is 2.43. The number of carboxylic acids is 1. The van der Waals surface area contributed by atoms with Gasteiger partial charge in [0, 0.05) is 12.6 Å². The van der Waals surface area contributed by atoms with E-state index in [9.17, 15) is 18.0 Å². The molecule has 1 aliphatic rings. The fourth-order valence-corrected chi connectivity index (χ4v) is 1.49. The van der Waals surface area contributed by atoms with Crippen molar-refractivity contribution in [3.63, 3.8) is 0 Å². The Bertz CT molecular complexity index is 241. The fraction of sp³-hybridized carbons (Fsp3) is 0.875. The highest BCUT2D eigenvalue weighted by molar-refractivity contribution is 5.73. The Morgan fingerprint density at radius 2 is 2.07 bits per heavy atom. The first-order chi connectivity index (χ1) is 6.85. The van der Waals surface area contributed by atoms with Gasteiger partial charge in [0.1, 0.15) is 6.04 Å². The van der Waals surface area contributed by atoms with Crippen LogP contribution in [0.2, 0.25) is 0 Å². The second-order valence-electron chi connectivity index (χ2n) is 3.61. The van der Waals surface area contributed by atoms with Crippen LogP contribution in [0.4, 0.5) is 13.2 Å². The van der Waals surface area contributed by atoms with Crippen LogP contribution in [-0.4, -0.2) is 47.3 Å². The van der Waals surface area contributed by atoms with Crippen molar-refractivity contribution in [2.45, 2.75) is 31.1 Å². The molecule has 0 aromatic carbocycles. The molecular formula is C8H13F3N2O2. The van der Waals surface area contributed by atoms with Crippen molar-refractivity contribution in [3.05, 3.63) is 0 Å². The molecule has 0 bridgehead atoms. The zero-order chi connectivity index (χ0) is 11.6. The molecule has 3 N–H and O–H groups in total. The van der Waals surface area contributed by atoms with Gasteiger partial charge in [-0.15, -0.1) is 0 Å². The number of rotatable bonds is 5. The monoisotopic (exact) mass is 226 g/mol. The number of alkyl halides is 3. The van der Waals surface area contributed by atoms with Crippen molar-refractivity contribution in [2.24, 2.45) is 5.73 Å². The Balaban J connectivity index is 2.67. The number of halogens is 3. The molecule has 0 heterocycles. The van der Waals surface area contributed by atoms with E-state index in [2.05, 4.69) is 0 Å². The number of nitrogens with zero attached hydrogens (tertiary/aromatic N) is 1. The van der Waals surface area contributed by atoms with Crippen LogP contribution in [0, 0.1) is 0 Å². The minimum Gasteiger partial charge on any atom is -0.480 e. The number of aliphatic carboxylic acids is 1. The molecule has 0 aliphatic heterocycles. The van der Waals surface area contributed by atoms with E-state index in [1.54, 1.807) is 0 Å². The van der Waals surface area contributed by atoms with Crippen molar-refractivity contribution < 1.29 is 23.1 Å². The number of nitrogens with two attached hydrogens (primary N) is 1. The third-order valence-corrected chi connectivity index (χ3v) is 2.29. The van der Waals surface area contributed by atoms with E-state index in [4.69, 9.17) is 10.8 Å². The fourth-order valence-electron chi connectivity index (χ4n) is 1.49. The van der Waals surface area contributed by atoms with Crippen LogP contribution in [0.5, 0.6) is 0 Å². The molecule has 0 saturated heterocycles. The standard InChI is InChI=1S/C8H13F3N2O2/c9-8(10,11)4-13(5-1-2-5)6(3-12)7(14)15/h5-6H,1-4,12H2,(H,14,15). The van der Waals surface area contributed by atoms with Gasteiger partial charge in [0.15, 0.2) is 0 Å². The molecule has 1 fully saturated rings. The summed E-state index contributed by atoms with van der Waals surface area (Å²) in [5, 5.41) is 8.73. The smallest absolute Gasteiger partial charge is 0.401 e. The predicted molar refractivity (Wildman–Crippen MR) is 46.3 cm³/mol. The number of hydrogen-bond acceptors (Lipinski definition) is 3. The normalized spacial score (nSPS) is 19.3. The minimum atomic E-state index is -4.38. The zero-order valence-electron chi connectivity index (χ0n) is 8.00. The van der Waals surface area contributed by atoms with Crippen LogP contribution in [-0.2, 0) is 4.79 Å². The predicted octanol–water partition coefficient (Wildman–Crippen LogP) is 0.425. The van der Waals surface area contributed by atoms with Gasteiger partial charge in [-0.25, -0.2) is 0 Å². The molecule has 1 saturated carbocycles. The van der Waals surface area contributed by atoms with E-state index in [0.29, 0.717) is 12.8 Å². The van der Waals surface area contributed by atoms with Gasteiger partial charge >= 0.3 is 12.1 Å². The van der Waals surface area contributed by atoms with Crippen LogP contribution < -0.4 is 5.73 Å². The first-order valence-electron chi connectivity index (χ1n) is 4.60. The summed E-state index contributed by atoms with van der Waals surface area (Å²) in [6, 6.07) is -1.52. The third kappa shape index (κ3) is 3.67. The topological polar surface area (TPSA) is 66.6 Å². The maximum Gasteiger partial charge on any atom is 0.401 e. The first kappa shape index (κ1) is 12.3. The van der Waals surface area contributed by atoms with Crippen molar-refractivity contribution >= 4 is 5.97 Å². The SMILES string of the molecule is NCC(C(=O)O)N(CC(F)(F)F)C1CC1. The molecule has 0 amide bonds. The highest BCUT2D eigenvalue weighted by atomic mass is 19.4. The van der Waals surface area contributed by atoms with Gasteiger partial charge in [0.05, 0.1) is 6.54 Å². The lowest BCUT2D eigenvalue weighted by Gasteiger charge is -2.28. The molecule has 0 aromatic rings. The Morgan fingerprint density at radius 3 is 2.33 bits per heavy atom. The Morgan fingerprint density at radius 1 is 1.53 bits per heavy atom. The van der Waals surface area contributed by atoms with Gasteiger partial charge in [0.25, 0.3) is 0 Å². The summed E-state index contributed by atoms with van der Waals surface area (Å²) in [4.78, 5) is 11.6. The summed E-state index contributed by atoms with van der Waals surface area (Å²) >= 11 is 0. The molecule has 1 rings (SSSR count). The van der Waals surface area contributed by atoms with Gasteiger partial charge in [-0.05, 0) is 12.8 Å². The number of carbonyl (C=O) groups is 1. The largest absolute Gasteiger partial charge is 0.480 e. The van der Waals surface area contributed by atoms with Crippen LogP contribution in [0.1, 0.15) is 12.8 Å². The Labute approximate surface area is 84.8 Å². The average molecular weight is 226 g/mol. The van der Waals surface area contributed by atoms with E-state index in [-0.39, 0.29) is 12.6 Å². The quantitative estimate of drug-likeness (QED) is 0.713. The maximum atomic E-state index is 12.2. The molecule has 15 heavy (non-hydrogen) atoms. The van der Waals surface area contributed by atoms with E-state index < -0.39 is 24.7 Å². The third-order valence-electron chi connectivity index (χ3n) is 2.29. The van der Waals surface area contributed by atoms with Gasteiger partial charge in [-0.3, -0.25) is 9.69 Å². The van der Waals surface area contributed by atoms with Gasteiger partial charge in [-0.2, -0.15) is 13.2 Å². The molecule has 1 atom stereocenters. The molecular weight excluding hydrogens is 213 g/mol. The van der Waals surface area contributed by atoms with Crippen LogP contribution in [0.25, 0.3) is 0 Å². The molecule has 88 valence electrons. The number of carboxylic acid groups (broad SMARTS) is 1. The lowest BCUT2D eigenvalue weighted by Crippen LogP contribution is -2.50. The molecule has 0 radical (unpaired) electrons. The average Bonchev–Trinajstić information content (AvgIpc) is 2.82. The van der Waals surface area contributed by atoms with Gasteiger partial charge in [0.2, 0.25) is 0 Å². The summed E-state index contributed by atoms with van der Waals surface area (Å²) in [5.74, 6) is -1.30. The first-order valence-corrected chi connectivity index (χ1v) is 4.60. The minimum absolute atomic E-state index is 0.281.